The van der Waals surface area contributed by atoms with Crippen LogP contribution in [0.3, 0.4) is 0 Å². The maximum Gasteiger partial charge on any atom is 0.314 e. The lowest BCUT2D eigenvalue weighted by Crippen LogP contribution is -2.39. The molecule has 1 saturated heterocycles. The molecule has 7 nitrogen and oxygen atoms in total. The van der Waals surface area contributed by atoms with Crippen molar-refractivity contribution in [3.05, 3.63) is 41.8 Å². The second-order valence-electron chi connectivity index (χ2n) is 6.12. The van der Waals surface area contributed by atoms with Gasteiger partial charge < -0.3 is 20.1 Å². The summed E-state index contributed by atoms with van der Waals surface area (Å²) in [6.45, 7) is 4.70. The van der Waals surface area contributed by atoms with E-state index in [2.05, 4.69) is 15.8 Å². The minimum atomic E-state index is -0.652. The van der Waals surface area contributed by atoms with Crippen LogP contribution in [0, 0.1) is 6.92 Å². The molecule has 2 heterocycles. The van der Waals surface area contributed by atoms with Crippen molar-refractivity contribution in [3.8, 4) is 0 Å². The molecule has 7 heteroatoms. The summed E-state index contributed by atoms with van der Waals surface area (Å²) in [5.41, 5.74) is 2.08. The molecule has 1 aliphatic heterocycles. The molecule has 0 saturated carbocycles. The number of hydrogen-bond donors (Lipinski definition) is 2. The van der Waals surface area contributed by atoms with Crippen molar-refractivity contribution >= 4 is 23.2 Å². The third kappa shape index (κ3) is 3.81. The van der Waals surface area contributed by atoms with Crippen molar-refractivity contribution in [1.29, 1.82) is 0 Å². The van der Waals surface area contributed by atoms with E-state index in [1.807, 2.05) is 37.3 Å². The van der Waals surface area contributed by atoms with E-state index in [1.54, 1.807) is 11.8 Å². The predicted molar refractivity (Wildman–Crippen MR) is 94.3 cm³/mol. The fourth-order valence-electron chi connectivity index (χ4n) is 2.96. The normalized spacial score (nSPS) is 16.7. The number of para-hydroxylation sites is 1. The zero-order valence-electron chi connectivity index (χ0n) is 14.4. The number of hydrogen-bond acceptors (Lipinski definition) is 5. The van der Waals surface area contributed by atoms with Crippen molar-refractivity contribution in [1.82, 2.24) is 10.1 Å². The van der Waals surface area contributed by atoms with Crippen LogP contribution in [0.25, 0.3) is 0 Å². The second kappa shape index (κ2) is 7.38. The number of carbonyl (C=O) groups excluding carboxylic acids is 2. The van der Waals surface area contributed by atoms with Crippen molar-refractivity contribution < 1.29 is 14.1 Å². The zero-order chi connectivity index (χ0) is 17.8. The second-order valence-corrected chi connectivity index (χ2v) is 6.12. The molecule has 0 radical (unpaired) electrons. The molecule has 1 aromatic carbocycles. The predicted octanol–water partition coefficient (Wildman–Crippen LogP) is 2.20. The van der Waals surface area contributed by atoms with Crippen LogP contribution in [0.15, 0.2) is 34.9 Å². The molecule has 1 aromatic heterocycles. The topological polar surface area (TPSA) is 87.5 Å². The van der Waals surface area contributed by atoms with Gasteiger partial charge in [0.05, 0.1) is 0 Å². The Hall–Kier alpha value is -2.83. The Kier molecular flexibility index (Phi) is 5.02. The summed E-state index contributed by atoms with van der Waals surface area (Å²) in [7, 11) is 0. The lowest BCUT2D eigenvalue weighted by Gasteiger charge is -2.17. The van der Waals surface area contributed by atoms with E-state index in [0.717, 1.165) is 12.1 Å². The molecule has 2 amide bonds. The van der Waals surface area contributed by atoms with Gasteiger partial charge in [-0.1, -0.05) is 30.3 Å². The van der Waals surface area contributed by atoms with E-state index in [4.69, 9.17) is 4.52 Å². The van der Waals surface area contributed by atoms with E-state index in [1.165, 1.54) is 0 Å². The molecule has 3 rings (SSSR count). The van der Waals surface area contributed by atoms with Gasteiger partial charge in [0.25, 0.3) is 0 Å². The van der Waals surface area contributed by atoms with E-state index >= 15 is 0 Å². The lowest BCUT2D eigenvalue weighted by molar-refractivity contribution is -0.142. The average Bonchev–Trinajstić information content (AvgIpc) is 3.22. The first kappa shape index (κ1) is 17.0. The Morgan fingerprint density at radius 2 is 2.08 bits per heavy atom. The Bertz CT molecular complexity index is 757. The number of anilines is 2. The molecule has 1 atom stereocenters. The van der Waals surface area contributed by atoms with Gasteiger partial charge in [-0.3, -0.25) is 9.59 Å². The summed E-state index contributed by atoms with van der Waals surface area (Å²) in [6.07, 6.45) is 1.40. The van der Waals surface area contributed by atoms with Gasteiger partial charge in [-0.05, 0) is 25.5 Å². The van der Waals surface area contributed by atoms with Gasteiger partial charge in [0.1, 0.15) is 11.4 Å². The van der Waals surface area contributed by atoms with Crippen LogP contribution in [0.4, 0.5) is 11.4 Å². The number of likely N-dealkylation sites (tertiary alicyclic amines) is 1. The van der Waals surface area contributed by atoms with E-state index < -0.39 is 11.8 Å². The van der Waals surface area contributed by atoms with Crippen LogP contribution in [0.2, 0.25) is 0 Å². The number of nitrogens with one attached hydrogen (secondary N) is 2. The van der Waals surface area contributed by atoms with Crippen molar-refractivity contribution in [2.75, 3.05) is 23.7 Å². The fraction of sp³-hybridized carbons (Fsp3) is 0.389. The molecule has 1 fully saturated rings. The molecule has 0 spiro atoms. The van der Waals surface area contributed by atoms with Crippen molar-refractivity contribution in [3.63, 3.8) is 0 Å². The summed E-state index contributed by atoms with van der Waals surface area (Å²) in [4.78, 5) is 26.3. The molecule has 1 aliphatic rings. The van der Waals surface area contributed by atoms with Gasteiger partial charge in [-0.15, -0.1) is 0 Å². The molecule has 0 unspecified atom stereocenters. The van der Waals surface area contributed by atoms with Gasteiger partial charge in [0.15, 0.2) is 5.76 Å². The van der Waals surface area contributed by atoms with Gasteiger partial charge in [0, 0.05) is 31.2 Å². The van der Waals surface area contributed by atoms with Crippen LogP contribution in [0.1, 0.15) is 24.8 Å². The van der Waals surface area contributed by atoms with Crippen LogP contribution in [-0.4, -0.2) is 41.0 Å². The highest BCUT2D eigenvalue weighted by Gasteiger charge is 2.31. The Morgan fingerprint density at radius 3 is 2.80 bits per heavy atom. The van der Waals surface area contributed by atoms with Crippen LogP contribution in [0.5, 0.6) is 0 Å². The molecule has 132 valence electrons. The highest BCUT2D eigenvalue weighted by atomic mass is 16.5. The number of aromatic nitrogens is 1. The number of aryl methyl sites for hydroxylation is 2. The Morgan fingerprint density at radius 1 is 1.32 bits per heavy atom. The molecule has 0 aliphatic carbocycles. The highest BCUT2D eigenvalue weighted by molar-refractivity contribution is 6.39. The van der Waals surface area contributed by atoms with Gasteiger partial charge >= 0.3 is 11.8 Å². The summed E-state index contributed by atoms with van der Waals surface area (Å²) < 4.78 is 5.13. The minimum absolute atomic E-state index is 0.141. The van der Waals surface area contributed by atoms with Crippen LogP contribution >= 0.6 is 0 Å². The summed E-state index contributed by atoms with van der Waals surface area (Å²) in [5.74, 6) is -0.606. The molecule has 2 N–H and O–H groups in total. The van der Waals surface area contributed by atoms with E-state index in [0.29, 0.717) is 36.7 Å². The maximum atomic E-state index is 12.4. The first-order valence-electron chi connectivity index (χ1n) is 8.45. The monoisotopic (exact) mass is 342 g/mol. The summed E-state index contributed by atoms with van der Waals surface area (Å²) in [6, 6.07) is 9.98. The van der Waals surface area contributed by atoms with Crippen LogP contribution in [-0.2, 0) is 16.0 Å². The Balaban J connectivity index is 1.58. The van der Waals surface area contributed by atoms with Gasteiger partial charge in [-0.25, -0.2) is 0 Å². The molecule has 25 heavy (non-hydrogen) atoms. The third-order valence-corrected chi connectivity index (χ3v) is 4.31. The number of carbonyl (C=O) groups is 2. The maximum absolute atomic E-state index is 12.4. The SMILES string of the molecule is CCc1onc(C)c1NC(=O)C(=O)N1CC[C@H](Nc2ccccc2)C1. The Labute approximate surface area is 146 Å². The van der Waals surface area contributed by atoms with E-state index in [9.17, 15) is 9.59 Å². The summed E-state index contributed by atoms with van der Waals surface area (Å²) in [5, 5.41) is 9.86. The number of amides is 2. The highest BCUT2D eigenvalue weighted by Crippen LogP contribution is 2.21. The van der Waals surface area contributed by atoms with Gasteiger partial charge in [0.2, 0.25) is 0 Å². The minimum Gasteiger partial charge on any atom is -0.380 e. The molecule has 2 aromatic rings. The summed E-state index contributed by atoms with van der Waals surface area (Å²) >= 11 is 0. The van der Waals surface area contributed by atoms with Crippen LogP contribution < -0.4 is 10.6 Å². The molecule has 0 bridgehead atoms. The van der Waals surface area contributed by atoms with Crippen molar-refractivity contribution in [2.24, 2.45) is 0 Å². The number of nitrogens with zero attached hydrogens (tertiary/aromatic N) is 2. The standard InChI is InChI=1S/C18H22N4O3/c1-3-15-16(12(2)21-25-15)20-17(23)18(24)22-10-9-14(11-22)19-13-7-5-4-6-8-13/h4-8,14,19H,3,9-11H2,1-2H3,(H,20,23)/t14-/m0/s1. The quantitative estimate of drug-likeness (QED) is 0.832. The fourth-order valence-corrected chi connectivity index (χ4v) is 2.96. The first-order valence-corrected chi connectivity index (χ1v) is 8.45. The van der Waals surface area contributed by atoms with Gasteiger partial charge in [-0.2, -0.15) is 0 Å². The molecular formula is C18H22N4O3. The first-order chi connectivity index (χ1) is 12.1. The van der Waals surface area contributed by atoms with E-state index in [-0.39, 0.29) is 6.04 Å². The third-order valence-electron chi connectivity index (χ3n) is 4.31. The largest absolute Gasteiger partial charge is 0.380 e. The molecular weight excluding hydrogens is 320 g/mol. The average molecular weight is 342 g/mol. The lowest BCUT2D eigenvalue weighted by atomic mass is 10.2. The van der Waals surface area contributed by atoms with Crippen molar-refractivity contribution in [2.45, 2.75) is 32.7 Å². The smallest absolute Gasteiger partial charge is 0.314 e. The number of rotatable bonds is 4. The number of benzene rings is 1. The zero-order valence-corrected chi connectivity index (χ0v) is 14.4.